The maximum atomic E-state index is 12.3. The highest BCUT2D eigenvalue weighted by atomic mass is 16.5. The average molecular weight is 354 g/mol. The van der Waals surface area contributed by atoms with Gasteiger partial charge in [-0.2, -0.15) is 4.98 Å². The summed E-state index contributed by atoms with van der Waals surface area (Å²) in [5, 5.41) is 10.6. The van der Waals surface area contributed by atoms with E-state index < -0.39 is 5.60 Å². The number of ether oxygens (including phenoxy) is 1. The maximum absolute atomic E-state index is 12.3. The Morgan fingerprint density at radius 2 is 2.08 bits per heavy atom. The standard InChI is InChI=1S/C21H26N2O3/c1-2-26-19-14-18-17-6-5-15(7-11-21(25)9-3-4-10-21)13-16(17)8-12-23(18)20(24)22-19/h5-6,13-14,25H,2-4,7-12H2,1H3. The summed E-state index contributed by atoms with van der Waals surface area (Å²) in [5.74, 6) is 0.393. The zero-order valence-corrected chi connectivity index (χ0v) is 15.3. The van der Waals surface area contributed by atoms with Crippen molar-refractivity contribution in [2.24, 2.45) is 0 Å². The molecule has 0 spiro atoms. The van der Waals surface area contributed by atoms with Crippen LogP contribution in [0.15, 0.2) is 29.1 Å². The fraction of sp³-hybridized carbons (Fsp3) is 0.524. The molecule has 1 aromatic heterocycles. The van der Waals surface area contributed by atoms with E-state index in [2.05, 4.69) is 23.2 Å². The van der Waals surface area contributed by atoms with E-state index in [-0.39, 0.29) is 5.69 Å². The van der Waals surface area contributed by atoms with Crippen molar-refractivity contribution in [2.75, 3.05) is 6.61 Å². The van der Waals surface area contributed by atoms with Gasteiger partial charge in [0.25, 0.3) is 0 Å². The summed E-state index contributed by atoms with van der Waals surface area (Å²) in [5.41, 5.74) is 3.78. The van der Waals surface area contributed by atoms with Gasteiger partial charge in [-0.25, -0.2) is 4.79 Å². The van der Waals surface area contributed by atoms with Crippen molar-refractivity contribution >= 4 is 0 Å². The molecule has 1 N–H and O–H groups in total. The van der Waals surface area contributed by atoms with Crippen LogP contribution in [-0.4, -0.2) is 26.9 Å². The lowest BCUT2D eigenvalue weighted by atomic mass is 9.90. The second-order valence-electron chi connectivity index (χ2n) is 7.52. The molecule has 26 heavy (non-hydrogen) atoms. The molecule has 0 radical (unpaired) electrons. The second kappa shape index (κ2) is 6.88. The van der Waals surface area contributed by atoms with Gasteiger partial charge in [0.2, 0.25) is 5.88 Å². The third kappa shape index (κ3) is 3.28. The van der Waals surface area contributed by atoms with Crippen molar-refractivity contribution in [3.05, 3.63) is 45.9 Å². The molecule has 2 aliphatic rings. The minimum Gasteiger partial charge on any atom is -0.478 e. The zero-order chi connectivity index (χ0) is 18.1. The van der Waals surface area contributed by atoms with Crippen LogP contribution < -0.4 is 10.4 Å². The maximum Gasteiger partial charge on any atom is 0.351 e. The van der Waals surface area contributed by atoms with Crippen molar-refractivity contribution in [1.82, 2.24) is 9.55 Å². The quantitative estimate of drug-likeness (QED) is 0.896. The molecule has 1 aromatic carbocycles. The van der Waals surface area contributed by atoms with Gasteiger partial charge in [0, 0.05) is 18.2 Å². The van der Waals surface area contributed by atoms with Crippen LogP contribution in [0.4, 0.5) is 0 Å². The normalized spacial score (nSPS) is 17.6. The third-order valence-corrected chi connectivity index (χ3v) is 5.74. The number of hydrogen-bond donors (Lipinski definition) is 1. The summed E-state index contributed by atoms with van der Waals surface area (Å²) in [6.07, 6.45) is 6.71. The molecule has 4 rings (SSSR count). The summed E-state index contributed by atoms with van der Waals surface area (Å²) >= 11 is 0. The summed E-state index contributed by atoms with van der Waals surface area (Å²) in [7, 11) is 0. The predicted octanol–water partition coefficient (Wildman–Crippen LogP) is 3.10. The third-order valence-electron chi connectivity index (χ3n) is 5.74. The van der Waals surface area contributed by atoms with E-state index in [1.807, 2.05) is 13.0 Å². The SMILES string of the molecule is CCOc1cc2n(c(=O)n1)CCc1cc(CCC3(O)CCCC3)ccc1-2. The van der Waals surface area contributed by atoms with Crippen LogP contribution in [0.2, 0.25) is 0 Å². The van der Waals surface area contributed by atoms with Crippen LogP contribution >= 0.6 is 0 Å². The van der Waals surface area contributed by atoms with E-state index in [9.17, 15) is 9.90 Å². The van der Waals surface area contributed by atoms with Crippen LogP contribution in [0, 0.1) is 0 Å². The van der Waals surface area contributed by atoms with E-state index in [1.54, 1.807) is 4.57 Å². The van der Waals surface area contributed by atoms with Crippen LogP contribution in [0.5, 0.6) is 5.88 Å². The summed E-state index contributed by atoms with van der Waals surface area (Å²) in [6, 6.07) is 8.33. The van der Waals surface area contributed by atoms with Crippen molar-refractivity contribution in [1.29, 1.82) is 0 Å². The molecule has 0 saturated heterocycles. The summed E-state index contributed by atoms with van der Waals surface area (Å²) in [4.78, 5) is 16.3. The molecule has 2 aromatic rings. The zero-order valence-electron chi connectivity index (χ0n) is 15.3. The highest BCUT2D eigenvalue weighted by Gasteiger charge is 2.30. The minimum absolute atomic E-state index is 0.246. The van der Waals surface area contributed by atoms with E-state index in [4.69, 9.17) is 4.74 Å². The molecule has 1 aliphatic carbocycles. The van der Waals surface area contributed by atoms with Gasteiger partial charge < -0.3 is 9.84 Å². The van der Waals surface area contributed by atoms with Gasteiger partial charge >= 0.3 is 5.69 Å². The average Bonchev–Trinajstić information content (AvgIpc) is 3.07. The first kappa shape index (κ1) is 17.3. The van der Waals surface area contributed by atoms with Gasteiger partial charge in [0.05, 0.1) is 17.9 Å². The first-order valence-corrected chi connectivity index (χ1v) is 9.67. The summed E-state index contributed by atoms with van der Waals surface area (Å²) in [6.45, 7) is 3.02. The summed E-state index contributed by atoms with van der Waals surface area (Å²) < 4.78 is 7.17. The van der Waals surface area contributed by atoms with Gasteiger partial charge in [-0.1, -0.05) is 31.0 Å². The van der Waals surface area contributed by atoms with Crippen molar-refractivity contribution in [3.8, 4) is 17.1 Å². The fourth-order valence-electron chi connectivity index (χ4n) is 4.30. The lowest BCUT2D eigenvalue weighted by molar-refractivity contribution is 0.0391. The van der Waals surface area contributed by atoms with Crippen molar-refractivity contribution in [2.45, 2.75) is 64.0 Å². The molecule has 5 nitrogen and oxygen atoms in total. The smallest absolute Gasteiger partial charge is 0.351 e. The van der Waals surface area contributed by atoms with Gasteiger partial charge in [-0.05, 0) is 50.2 Å². The van der Waals surface area contributed by atoms with Gasteiger partial charge in [-0.3, -0.25) is 4.57 Å². The molecule has 1 fully saturated rings. The molecular formula is C21H26N2O3. The Morgan fingerprint density at radius 3 is 2.85 bits per heavy atom. The van der Waals surface area contributed by atoms with E-state index in [0.29, 0.717) is 19.0 Å². The molecule has 2 heterocycles. The Bertz CT molecular complexity index is 866. The molecule has 0 amide bonds. The predicted molar refractivity (Wildman–Crippen MR) is 101 cm³/mol. The number of benzene rings is 1. The molecule has 1 aliphatic heterocycles. The second-order valence-corrected chi connectivity index (χ2v) is 7.52. The number of fused-ring (bicyclic) bond motifs is 3. The first-order chi connectivity index (χ1) is 12.6. The highest BCUT2D eigenvalue weighted by Crippen LogP contribution is 2.35. The topological polar surface area (TPSA) is 64.4 Å². The van der Waals surface area contributed by atoms with Gasteiger partial charge in [-0.15, -0.1) is 0 Å². The minimum atomic E-state index is -0.464. The molecule has 1 saturated carbocycles. The Kier molecular flexibility index (Phi) is 4.57. The molecule has 0 atom stereocenters. The molecular weight excluding hydrogens is 328 g/mol. The number of hydrogen-bond acceptors (Lipinski definition) is 4. The Hall–Kier alpha value is -2.14. The van der Waals surface area contributed by atoms with Crippen LogP contribution in [-0.2, 0) is 19.4 Å². The Balaban J connectivity index is 1.60. The van der Waals surface area contributed by atoms with Crippen molar-refractivity contribution in [3.63, 3.8) is 0 Å². The largest absolute Gasteiger partial charge is 0.478 e. The monoisotopic (exact) mass is 354 g/mol. The number of aromatic nitrogens is 2. The fourth-order valence-corrected chi connectivity index (χ4v) is 4.30. The van der Waals surface area contributed by atoms with E-state index >= 15 is 0 Å². The molecule has 0 bridgehead atoms. The number of nitrogens with zero attached hydrogens (tertiary/aromatic N) is 2. The highest BCUT2D eigenvalue weighted by molar-refractivity contribution is 5.67. The van der Waals surface area contributed by atoms with Crippen molar-refractivity contribution < 1.29 is 9.84 Å². The van der Waals surface area contributed by atoms with Crippen LogP contribution in [0.1, 0.15) is 50.2 Å². The van der Waals surface area contributed by atoms with Gasteiger partial charge in [0.15, 0.2) is 0 Å². The number of aliphatic hydroxyl groups is 1. The van der Waals surface area contributed by atoms with Crippen LogP contribution in [0.3, 0.4) is 0 Å². The lowest BCUT2D eigenvalue weighted by Gasteiger charge is -2.24. The van der Waals surface area contributed by atoms with E-state index in [1.165, 1.54) is 11.1 Å². The molecule has 5 heteroatoms. The lowest BCUT2D eigenvalue weighted by Crippen LogP contribution is -2.28. The first-order valence-electron chi connectivity index (χ1n) is 9.67. The Labute approximate surface area is 153 Å². The number of rotatable bonds is 5. The van der Waals surface area contributed by atoms with Crippen LogP contribution in [0.25, 0.3) is 11.3 Å². The van der Waals surface area contributed by atoms with E-state index in [0.717, 1.165) is 56.2 Å². The number of aryl methyl sites for hydroxylation is 2. The molecule has 138 valence electrons. The Morgan fingerprint density at radius 1 is 1.27 bits per heavy atom. The van der Waals surface area contributed by atoms with Gasteiger partial charge in [0.1, 0.15) is 0 Å². The molecule has 0 unspecified atom stereocenters.